The molecular formula is C16H25N. The highest BCUT2D eigenvalue weighted by Gasteiger charge is 2.26. The van der Waals surface area contributed by atoms with Gasteiger partial charge in [0.15, 0.2) is 0 Å². The third kappa shape index (κ3) is 2.55. The predicted molar refractivity (Wildman–Crippen MR) is 74.0 cm³/mol. The third-order valence-electron chi connectivity index (χ3n) is 4.52. The summed E-state index contributed by atoms with van der Waals surface area (Å²) in [5, 5.41) is 0. The molecule has 0 aromatic heterocycles. The number of nitrogens with two attached hydrogens (primary N) is 1. The monoisotopic (exact) mass is 231 g/mol. The van der Waals surface area contributed by atoms with Crippen LogP contribution in [0.3, 0.4) is 0 Å². The van der Waals surface area contributed by atoms with Crippen LogP contribution in [-0.2, 0) is 0 Å². The average molecular weight is 231 g/mol. The van der Waals surface area contributed by atoms with E-state index in [0.29, 0.717) is 11.8 Å². The van der Waals surface area contributed by atoms with E-state index in [1.807, 2.05) is 0 Å². The van der Waals surface area contributed by atoms with Crippen molar-refractivity contribution in [3.63, 3.8) is 0 Å². The second-order valence-corrected chi connectivity index (χ2v) is 5.89. The first-order chi connectivity index (χ1) is 8.11. The highest BCUT2D eigenvalue weighted by atomic mass is 14.7. The summed E-state index contributed by atoms with van der Waals surface area (Å²) in [6.07, 6.45) is 4.08. The molecule has 1 aromatic carbocycles. The minimum absolute atomic E-state index is 0.187. The van der Waals surface area contributed by atoms with E-state index in [9.17, 15) is 0 Å². The van der Waals surface area contributed by atoms with Crippen LogP contribution in [-0.4, -0.2) is 0 Å². The molecule has 0 saturated heterocycles. The SMILES string of the molecule is CC(C)C(C)C(N)c1ccccc1C1CCC1. The van der Waals surface area contributed by atoms with Crippen LogP contribution in [0.15, 0.2) is 24.3 Å². The molecule has 0 aliphatic heterocycles. The lowest BCUT2D eigenvalue weighted by Crippen LogP contribution is -2.25. The smallest absolute Gasteiger partial charge is 0.0326 e. The van der Waals surface area contributed by atoms with Crippen LogP contribution in [0.1, 0.15) is 63.1 Å². The highest BCUT2D eigenvalue weighted by Crippen LogP contribution is 2.40. The Balaban J connectivity index is 2.24. The Kier molecular flexibility index (Phi) is 3.88. The van der Waals surface area contributed by atoms with Gasteiger partial charge < -0.3 is 5.73 Å². The number of hydrogen-bond donors (Lipinski definition) is 1. The van der Waals surface area contributed by atoms with Crippen molar-refractivity contribution in [1.82, 2.24) is 0 Å². The molecule has 0 bridgehead atoms. The van der Waals surface area contributed by atoms with Crippen LogP contribution >= 0.6 is 0 Å². The molecular weight excluding hydrogens is 206 g/mol. The zero-order valence-electron chi connectivity index (χ0n) is 11.3. The lowest BCUT2D eigenvalue weighted by atomic mass is 9.75. The molecule has 0 heterocycles. The molecule has 1 aliphatic carbocycles. The molecule has 1 fully saturated rings. The van der Waals surface area contributed by atoms with Gasteiger partial charge in [-0.05, 0) is 41.7 Å². The van der Waals surface area contributed by atoms with E-state index in [1.165, 1.54) is 30.4 Å². The zero-order chi connectivity index (χ0) is 12.4. The molecule has 0 radical (unpaired) electrons. The summed E-state index contributed by atoms with van der Waals surface area (Å²) in [6, 6.07) is 8.99. The van der Waals surface area contributed by atoms with Gasteiger partial charge in [-0.1, -0.05) is 51.5 Å². The van der Waals surface area contributed by atoms with Crippen molar-refractivity contribution in [3.05, 3.63) is 35.4 Å². The second kappa shape index (κ2) is 5.22. The van der Waals surface area contributed by atoms with Gasteiger partial charge >= 0.3 is 0 Å². The summed E-state index contributed by atoms with van der Waals surface area (Å²) in [7, 11) is 0. The average Bonchev–Trinajstić information content (AvgIpc) is 2.25. The van der Waals surface area contributed by atoms with Gasteiger partial charge in [0, 0.05) is 6.04 Å². The summed E-state index contributed by atoms with van der Waals surface area (Å²) in [5.74, 6) is 1.95. The zero-order valence-corrected chi connectivity index (χ0v) is 11.3. The van der Waals surface area contributed by atoms with E-state index in [0.717, 1.165) is 5.92 Å². The number of rotatable bonds is 4. The Hall–Kier alpha value is -0.820. The Morgan fingerprint density at radius 1 is 1.12 bits per heavy atom. The first-order valence-electron chi connectivity index (χ1n) is 6.95. The Morgan fingerprint density at radius 3 is 2.29 bits per heavy atom. The van der Waals surface area contributed by atoms with Gasteiger partial charge in [0.2, 0.25) is 0 Å². The van der Waals surface area contributed by atoms with Crippen LogP contribution in [0.2, 0.25) is 0 Å². The minimum Gasteiger partial charge on any atom is -0.324 e. The molecule has 17 heavy (non-hydrogen) atoms. The summed E-state index contributed by atoms with van der Waals surface area (Å²) >= 11 is 0. The largest absolute Gasteiger partial charge is 0.324 e. The maximum absolute atomic E-state index is 6.46. The van der Waals surface area contributed by atoms with Gasteiger partial charge in [0.05, 0.1) is 0 Å². The van der Waals surface area contributed by atoms with Crippen molar-refractivity contribution in [2.24, 2.45) is 17.6 Å². The van der Waals surface area contributed by atoms with Gasteiger partial charge in [0.1, 0.15) is 0 Å². The molecule has 2 rings (SSSR count). The van der Waals surface area contributed by atoms with E-state index < -0.39 is 0 Å². The molecule has 1 saturated carbocycles. The standard InChI is InChI=1S/C16H25N/c1-11(2)12(3)16(17)15-10-5-4-9-14(15)13-7-6-8-13/h4-5,9-13,16H,6-8,17H2,1-3H3. The van der Waals surface area contributed by atoms with E-state index in [2.05, 4.69) is 45.0 Å². The Labute approximate surface area is 105 Å². The van der Waals surface area contributed by atoms with E-state index in [4.69, 9.17) is 5.73 Å². The highest BCUT2D eigenvalue weighted by molar-refractivity contribution is 5.34. The topological polar surface area (TPSA) is 26.0 Å². The lowest BCUT2D eigenvalue weighted by Gasteiger charge is -2.32. The molecule has 1 aromatic rings. The van der Waals surface area contributed by atoms with Gasteiger partial charge in [0.25, 0.3) is 0 Å². The Bertz CT molecular complexity index is 366. The fourth-order valence-corrected chi connectivity index (χ4v) is 2.60. The van der Waals surface area contributed by atoms with Crippen molar-refractivity contribution in [2.45, 2.75) is 52.0 Å². The fourth-order valence-electron chi connectivity index (χ4n) is 2.60. The fraction of sp³-hybridized carbons (Fsp3) is 0.625. The van der Waals surface area contributed by atoms with E-state index >= 15 is 0 Å². The van der Waals surface area contributed by atoms with Gasteiger partial charge in [-0.3, -0.25) is 0 Å². The van der Waals surface area contributed by atoms with Crippen LogP contribution in [0.5, 0.6) is 0 Å². The Morgan fingerprint density at radius 2 is 1.76 bits per heavy atom. The quantitative estimate of drug-likeness (QED) is 0.824. The van der Waals surface area contributed by atoms with E-state index in [1.54, 1.807) is 0 Å². The van der Waals surface area contributed by atoms with Gasteiger partial charge in [-0.25, -0.2) is 0 Å². The molecule has 0 amide bonds. The van der Waals surface area contributed by atoms with Crippen molar-refractivity contribution >= 4 is 0 Å². The molecule has 0 spiro atoms. The number of hydrogen-bond acceptors (Lipinski definition) is 1. The second-order valence-electron chi connectivity index (χ2n) is 5.89. The summed E-state index contributed by atoms with van der Waals surface area (Å²) < 4.78 is 0. The molecule has 1 aliphatic rings. The maximum Gasteiger partial charge on any atom is 0.0326 e. The summed E-state index contributed by atoms with van der Waals surface area (Å²) in [6.45, 7) is 6.79. The minimum atomic E-state index is 0.187. The lowest BCUT2D eigenvalue weighted by molar-refractivity contribution is 0.344. The molecule has 94 valence electrons. The summed E-state index contributed by atoms with van der Waals surface area (Å²) in [4.78, 5) is 0. The molecule has 1 heteroatoms. The van der Waals surface area contributed by atoms with Crippen molar-refractivity contribution in [2.75, 3.05) is 0 Å². The molecule has 2 atom stereocenters. The van der Waals surface area contributed by atoms with E-state index in [-0.39, 0.29) is 6.04 Å². The van der Waals surface area contributed by atoms with Crippen molar-refractivity contribution in [3.8, 4) is 0 Å². The van der Waals surface area contributed by atoms with Crippen molar-refractivity contribution < 1.29 is 0 Å². The molecule has 1 nitrogen and oxygen atoms in total. The van der Waals surface area contributed by atoms with Crippen LogP contribution in [0.25, 0.3) is 0 Å². The van der Waals surface area contributed by atoms with Crippen LogP contribution < -0.4 is 5.73 Å². The van der Waals surface area contributed by atoms with Gasteiger partial charge in [-0.2, -0.15) is 0 Å². The van der Waals surface area contributed by atoms with Gasteiger partial charge in [-0.15, -0.1) is 0 Å². The maximum atomic E-state index is 6.46. The van der Waals surface area contributed by atoms with Crippen molar-refractivity contribution in [1.29, 1.82) is 0 Å². The van der Waals surface area contributed by atoms with Crippen LogP contribution in [0, 0.1) is 11.8 Å². The first kappa shape index (κ1) is 12.6. The normalized spacial score (nSPS) is 20.1. The van der Waals surface area contributed by atoms with Crippen LogP contribution in [0.4, 0.5) is 0 Å². The summed E-state index contributed by atoms with van der Waals surface area (Å²) in [5.41, 5.74) is 9.36. The predicted octanol–water partition coefficient (Wildman–Crippen LogP) is 4.25. The third-order valence-corrected chi connectivity index (χ3v) is 4.52. The first-order valence-corrected chi connectivity index (χ1v) is 6.95. The number of benzene rings is 1. The molecule has 2 unspecified atom stereocenters. The molecule has 2 N–H and O–H groups in total.